The van der Waals surface area contributed by atoms with Gasteiger partial charge in [0.2, 0.25) is 11.8 Å². The van der Waals surface area contributed by atoms with Crippen LogP contribution < -0.4 is 10.2 Å². The van der Waals surface area contributed by atoms with Gasteiger partial charge in [0, 0.05) is 18.8 Å². The van der Waals surface area contributed by atoms with Crippen LogP contribution in [0.15, 0.2) is 48.5 Å². The van der Waals surface area contributed by atoms with Crippen LogP contribution in [0.4, 0.5) is 5.69 Å². The van der Waals surface area contributed by atoms with Gasteiger partial charge in [0.1, 0.15) is 5.92 Å². The number of nitrogens with zero attached hydrogens (tertiary/aromatic N) is 1. The van der Waals surface area contributed by atoms with E-state index in [0.717, 1.165) is 22.4 Å². The van der Waals surface area contributed by atoms with Crippen molar-refractivity contribution in [2.75, 3.05) is 11.4 Å². The Bertz CT molecular complexity index is 770. The first-order chi connectivity index (χ1) is 11.5. The molecule has 0 aliphatic carbocycles. The van der Waals surface area contributed by atoms with Crippen molar-refractivity contribution in [3.05, 3.63) is 65.2 Å². The lowest BCUT2D eigenvalue weighted by Gasteiger charge is -2.17. The lowest BCUT2D eigenvalue weighted by Crippen LogP contribution is -2.36. The molecule has 1 saturated heterocycles. The molecular weight excluding hydrogens is 300 g/mol. The second kappa shape index (κ2) is 6.87. The fourth-order valence-corrected chi connectivity index (χ4v) is 3.11. The van der Waals surface area contributed by atoms with Crippen molar-refractivity contribution in [2.45, 2.75) is 26.8 Å². The van der Waals surface area contributed by atoms with E-state index < -0.39 is 5.92 Å². The minimum atomic E-state index is -0.588. The first-order valence-corrected chi connectivity index (χ1v) is 8.26. The van der Waals surface area contributed by atoms with Gasteiger partial charge >= 0.3 is 0 Å². The number of hydrogen-bond donors (Lipinski definition) is 1. The zero-order valence-electron chi connectivity index (χ0n) is 14.1. The van der Waals surface area contributed by atoms with E-state index >= 15 is 0 Å². The van der Waals surface area contributed by atoms with Crippen molar-refractivity contribution in [3.8, 4) is 0 Å². The molecule has 1 heterocycles. The molecule has 1 aliphatic rings. The molecule has 1 atom stereocenters. The molecule has 0 aromatic heterocycles. The van der Waals surface area contributed by atoms with Crippen molar-refractivity contribution in [1.29, 1.82) is 0 Å². The smallest absolute Gasteiger partial charge is 0.239 e. The molecule has 124 valence electrons. The first kappa shape index (κ1) is 16.2. The summed E-state index contributed by atoms with van der Waals surface area (Å²) in [7, 11) is 0. The largest absolute Gasteiger partial charge is 0.351 e. The van der Waals surface area contributed by atoms with E-state index in [-0.39, 0.29) is 11.8 Å². The van der Waals surface area contributed by atoms with Crippen molar-refractivity contribution in [1.82, 2.24) is 5.32 Å². The molecule has 4 nitrogen and oxygen atoms in total. The Morgan fingerprint density at radius 3 is 2.54 bits per heavy atom. The van der Waals surface area contributed by atoms with Crippen LogP contribution in [0.25, 0.3) is 0 Å². The zero-order chi connectivity index (χ0) is 17.1. The summed E-state index contributed by atoms with van der Waals surface area (Å²) in [6.45, 7) is 5.06. The number of carbonyl (C=O) groups excluding carboxylic acids is 2. The topological polar surface area (TPSA) is 49.4 Å². The summed E-state index contributed by atoms with van der Waals surface area (Å²) in [5.74, 6) is -0.880. The van der Waals surface area contributed by atoms with Crippen LogP contribution in [0.2, 0.25) is 0 Å². The molecule has 0 radical (unpaired) electrons. The summed E-state index contributed by atoms with van der Waals surface area (Å²) >= 11 is 0. The van der Waals surface area contributed by atoms with Gasteiger partial charge in [-0.2, -0.15) is 0 Å². The number of hydrogen-bond acceptors (Lipinski definition) is 2. The highest BCUT2D eigenvalue weighted by molar-refractivity contribution is 6.09. The fourth-order valence-electron chi connectivity index (χ4n) is 3.11. The van der Waals surface area contributed by atoms with Crippen LogP contribution in [-0.2, 0) is 16.1 Å². The Morgan fingerprint density at radius 1 is 1.12 bits per heavy atom. The zero-order valence-corrected chi connectivity index (χ0v) is 14.1. The summed E-state index contributed by atoms with van der Waals surface area (Å²) in [4.78, 5) is 26.7. The molecule has 0 bridgehead atoms. The average Bonchev–Trinajstić information content (AvgIpc) is 2.94. The Labute approximate surface area is 142 Å². The van der Waals surface area contributed by atoms with Gasteiger partial charge in [-0.25, -0.2) is 0 Å². The Kier molecular flexibility index (Phi) is 4.65. The minimum absolute atomic E-state index is 0.109. The van der Waals surface area contributed by atoms with Crippen LogP contribution in [0, 0.1) is 19.8 Å². The summed E-state index contributed by atoms with van der Waals surface area (Å²) in [5.41, 5.74) is 4.18. The standard InChI is InChI=1S/C20H22N2O2/c1-14-5-3-7-16(11-14)13-21-19(23)18-9-10-22(20(18)24)17-8-4-6-15(2)12-17/h3-8,11-12,18H,9-10,13H2,1-2H3,(H,21,23)/t18-/m1/s1. The molecule has 4 heteroatoms. The van der Waals surface area contributed by atoms with Crippen molar-refractivity contribution < 1.29 is 9.59 Å². The molecule has 2 amide bonds. The first-order valence-electron chi connectivity index (χ1n) is 8.26. The maximum atomic E-state index is 12.6. The normalized spacial score (nSPS) is 17.2. The van der Waals surface area contributed by atoms with E-state index in [1.165, 1.54) is 0 Å². The molecule has 2 aromatic rings. The molecular formula is C20H22N2O2. The highest BCUT2D eigenvalue weighted by atomic mass is 16.2. The summed E-state index contributed by atoms with van der Waals surface area (Å²) in [6.07, 6.45) is 0.562. The summed E-state index contributed by atoms with van der Waals surface area (Å²) < 4.78 is 0. The van der Waals surface area contributed by atoms with Gasteiger partial charge in [0.25, 0.3) is 0 Å². The second-order valence-corrected chi connectivity index (χ2v) is 6.38. The maximum Gasteiger partial charge on any atom is 0.239 e. The second-order valence-electron chi connectivity index (χ2n) is 6.38. The molecule has 1 N–H and O–H groups in total. The number of rotatable bonds is 4. The highest BCUT2D eigenvalue weighted by Crippen LogP contribution is 2.26. The van der Waals surface area contributed by atoms with Crippen molar-refractivity contribution >= 4 is 17.5 Å². The van der Waals surface area contributed by atoms with Gasteiger partial charge in [-0.05, 0) is 43.5 Å². The van der Waals surface area contributed by atoms with Crippen LogP contribution in [0.3, 0.4) is 0 Å². The predicted molar refractivity (Wildman–Crippen MR) is 94.7 cm³/mol. The van der Waals surface area contributed by atoms with Crippen molar-refractivity contribution in [2.24, 2.45) is 5.92 Å². The number of benzene rings is 2. The highest BCUT2D eigenvalue weighted by Gasteiger charge is 2.37. The predicted octanol–water partition coefficient (Wildman–Crippen LogP) is 2.97. The van der Waals surface area contributed by atoms with E-state index in [0.29, 0.717) is 19.5 Å². The molecule has 3 rings (SSSR count). The minimum Gasteiger partial charge on any atom is -0.351 e. The van der Waals surface area contributed by atoms with Crippen LogP contribution in [0.1, 0.15) is 23.1 Å². The molecule has 0 spiro atoms. The van der Waals surface area contributed by atoms with Crippen molar-refractivity contribution in [3.63, 3.8) is 0 Å². The monoisotopic (exact) mass is 322 g/mol. The Balaban J connectivity index is 1.63. The summed E-state index contributed by atoms with van der Waals surface area (Å²) in [6, 6.07) is 15.8. The van der Waals surface area contributed by atoms with Gasteiger partial charge in [-0.15, -0.1) is 0 Å². The molecule has 1 aliphatic heterocycles. The molecule has 1 fully saturated rings. The lowest BCUT2D eigenvalue weighted by atomic mass is 10.1. The molecule has 0 saturated carbocycles. The average molecular weight is 322 g/mol. The number of aryl methyl sites for hydroxylation is 2. The van der Waals surface area contributed by atoms with Gasteiger partial charge < -0.3 is 10.2 Å². The molecule has 0 unspecified atom stereocenters. The Morgan fingerprint density at radius 2 is 1.83 bits per heavy atom. The number of anilines is 1. The van der Waals surface area contributed by atoms with Crippen LogP contribution in [0.5, 0.6) is 0 Å². The number of amides is 2. The third-order valence-corrected chi connectivity index (χ3v) is 4.38. The molecule has 24 heavy (non-hydrogen) atoms. The van der Waals surface area contributed by atoms with Crippen LogP contribution >= 0.6 is 0 Å². The van der Waals surface area contributed by atoms with E-state index in [9.17, 15) is 9.59 Å². The van der Waals surface area contributed by atoms with Gasteiger partial charge in [0.05, 0.1) is 0 Å². The van der Waals surface area contributed by atoms with Gasteiger partial charge in [-0.1, -0.05) is 42.0 Å². The van der Waals surface area contributed by atoms with E-state index in [2.05, 4.69) is 5.32 Å². The fraction of sp³-hybridized carbons (Fsp3) is 0.300. The van der Waals surface area contributed by atoms with E-state index in [4.69, 9.17) is 0 Å². The number of nitrogens with one attached hydrogen (secondary N) is 1. The van der Waals surface area contributed by atoms with E-state index in [1.54, 1.807) is 4.90 Å². The third-order valence-electron chi connectivity index (χ3n) is 4.38. The third kappa shape index (κ3) is 3.48. The quantitative estimate of drug-likeness (QED) is 0.880. The van der Waals surface area contributed by atoms with Gasteiger partial charge in [0.15, 0.2) is 0 Å². The maximum absolute atomic E-state index is 12.6. The molecule has 2 aromatic carbocycles. The lowest BCUT2D eigenvalue weighted by molar-refractivity contribution is -0.132. The van der Waals surface area contributed by atoms with Crippen LogP contribution in [-0.4, -0.2) is 18.4 Å². The Hall–Kier alpha value is -2.62. The van der Waals surface area contributed by atoms with E-state index in [1.807, 2.05) is 62.4 Å². The SMILES string of the molecule is Cc1cccc(CNC(=O)[C@H]2CCN(c3cccc(C)c3)C2=O)c1. The summed E-state index contributed by atoms with van der Waals surface area (Å²) in [5, 5.41) is 2.90. The van der Waals surface area contributed by atoms with Gasteiger partial charge in [-0.3, -0.25) is 9.59 Å². The number of carbonyl (C=O) groups is 2.